The third kappa shape index (κ3) is 4.21. The lowest BCUT2D eigenvalue weighted by molar-refractivity contribution is -0.141. The molecule has 0 radical (unpaired) electrons. The van der Waals surface area contributed by atoms with Gasteiger partial charge in [-0.1, -0.05) is 11.6 Å². The summed E-state index contributed by atoms with van der Waals surface area (Å²) >= 11 is 5.77. The number of nitrogens with zero attached hydrogens (tertiary/aromatic N) is 1. The number of hydrogen-bond acceptors (Lipinski definition) is 3. The summed E-state index contributed by atoms with van der Waals surface area (Å²) in [4.78, 5) is 24.6. The molecule has 20 heavy (non-hydrogen) atoms. The monoisotopic (exact) mass is 296 g/mol. The fraction of sp³-hybridized carbons (Fsp3) is 0.429. The predicted molar refractivity (Wildman–Crippen MR) is 76.9 cm³/mol. The molecule has 1 aliphatic heterocycles. The van der Waals surface area contributed by atoms with Gasteiger partial charge in [0.25, 0.3) is 0 Å². The van der Waals surface area contributed by atoms with Gasteiger partial charge in [-0.2, -0.15) is 0 Å². The lowest BCUT2D eigenvalue weighted by Gasteiger charge is -2.14. The van der Waals surface area contributed by atoms with Gasteiger partial charge in [0.05, 0.1) is 5.92 Å². The Labute approximate surface area is 122 Å². The summed E-state index contributed by atoms with van der Waals surface area (Å²) in [6.07, 6.45) is 1.02. The van der Waals surface area contributed by atoms with Crippen LogP contribution in [0.1, 0.15) is 12.8 Å². The van der Waals surface area contributed by atoms with Crippen molar-refractivity contribution in [3.05, 3.63) is 29.3 Å². The Morgan fingerprint density at radius 1 is 1.35 bits per heavy atom. The zero-order valence-corrected chi connectivity index (χ0v) is 11.8. The lowest BCUT2D eigenvalue weighted by atomic mass is 10.1. The molecule has 5 nitrogen and oxygen atoms in total. The van der Waals surface area contributed by atoms with Crippen molar-refractivity contribution < 1.29 is 14.7 Å². The van der Waals surface area contributed by atoms with Gasteiger partial charge in [-0.25, -0.2) is 0 Å². The van der Waals surface area contributed by atoms with E-state index in [4.69, 9.17) is 16.7 Å². The quantitative estimate of drug-likeness (QED) is 0.873. The number of halogens is 1. The highest BCUT2D eigenvalue weighted by molar-refractivity contribution is 6.30. The van der Waals surface area contributed by atoms with Crippen LogP contribution in [0.15, 0.2) is 24.3 Å². The highest BCUT2D eigenvalue weighted by Crippen LogP contribution is 2.17. The number of rotatable bonds is 5. The van der Waals surface area contributed by atoms with Crippen molar-refractivity contribution >= 4 is 29.2 Å². The van der Waals surface area contributed by atoms with Crippen molar-refractivity contribution in [2.24, 2.45) is 5.92 Å². The third-order valence-corrected chi connectivity index (χ3v) is 3.66. The Bertz CT molecular complexity index is 490. The Morgan fingerprint density at radius 2 is 2.05 bits per heavy atom. The summed E-state index contributed by atoms with van der Waals surface area (Å²) in [5.41, 5.74) is 0.712. The van der Waals surface area contributed by atoms with Crippen molar-refractivity contribution in [1.29, 1.82) is 0 Å². The predicted octanol–water partition coefficient (Wildman–Crippen LogP) is 2.08. The second-order valence-corrected chi connectivity index (χ2v) is 5.37. The molecule has 0 aromatic heterocycles. The second-order valence-electron chi connectivity index (χ2n) is 4.93. The minimum Gasteiger partial charge on any atom is -0.481 e. The average molecular weight is 297 g/mol. The molecule has 1 unspecified atom stereocenters. The Balaban J connectivity index is 1.73. The Morgan fingerprint density at radius 3 is 2.65 bits per heavy atom. The number of likely N-dealkylation sites (tertiary alicyclic amines) is 1. The normalized spacial score (nSPS) is 18.9. The van der Waals surface area contributed by atoms with Crippen LogP contribution in [-0.2, 0) is 9.59 Å². The molecule has 1 aromatic carbocycles. The number of aliphatic carboxylic acids is 1. The molecular formula is C14H17ClN2O3. The molecule has 0 saturated carbocycles. The molecule has 0 spiro atoms. The smallest absolute Gasteiger partial charge is 0.307 e. The van der Waals surface area contributed by atoms with E-state index >= 15 is 0 Å². The third-order valence-electron chi connectivity index (χ3n) is 3.40. The molecule has 2 N–H and O–H groups in total. The maximum Gasteiger partial charge on any atom is 0.307 e. The minimum absolute atomic E-state index is 0.0777. The van der Waals surface area contributed by atoms with Crippen molar-refractivity contribution in [1.82, 2.24) is 4.90 Å². The second kappa shape index (κ2) is 6.72. The number of carboxylic acids is 1. The largest absolute Gasteiger partial charge is 0.481 e. The van der Waals surface area contributed by atoms with Gasteiger partial charge < -0.3 is 15.3 Å². The maximum atomic E-state index is 11.8. The number of hydrogen-bond donors (Lipinski definition) is 2. The number of anilines is 1. The molecular weight excluding hydrogens is 280 g/mol. The van der Waals surface area contributed by atoms with E-state index in [1.54, 1.807) is 24.3 Å². The number of amides is 1. The summed E-state index contributed by atoms with van der Waals surface area (Å²) in [6, 6.07) is 6.93. The van der Waals surface area contributed by atoms with Crippen molar-refractivity contribution in [3.63, 3.8) is 0 Å². The molecule has 0 bridgehead atoms. The van der Waals surface area contributed by atoms with Crippen LogP contribution in [0.3, 0.4) is 0 Å². The van der Waals surface area contributed by atoms with E-state index in [9.17, 15) is 9.59 Å². The fourth-order valence-electron chi connectivity index (χ4n) is 2.25. The molecule has 1 amide bonds. The summed E-state index contributed by atoms with van der Waals surface area (Å²) < 4.78 is 0. The number of benzene rings is 1. The topological polar surface area (TPSA) is 69.6 Å². The first-order chi connectivity index (χ1) is 9.54. The van der Waals surface area contributed by atoms with Gasteiger partial charge in [0.1, 0.15) is 0 Å². The lowest BCUT2D eigenvalue weighted by Crippen LogP contribution is -2.27. The summed E-state index contributed by atoms with van der Waals surface area (Å²) in [6.45, 7) is 1.86. The maximum absolute atomic E-state index is 11.8. The molecule has 1 aliphatic rings. The molecule has 1 aromatic rings. The van der Waals surface area contributed by atoms with Crippen LogP contribution >= 0.6 is 11.6 Å². The Hall–Kier alpha value is -1.59. The highest BCUT2D eigenvalue weighted by atomic mass is 35.5. The summed E-state index contributed by atoms with van der Waals surface area (Å²) in [7, 11) is 0. The van der Waals surface area contributed by atoms with Crippen molar-refractivity contribution in [2.45, 2.75) is 12.8 Å². The number of carboxylic acid groups (broad SMARTS) is 1. The first-order valence-electron chi connectivity index (χ1n) is 6.55. The first-order valence-corrected chi connectivity index (χ1v) is 6.93. The van der Waals surface area contributed by atoms with Gasteiger partial charge in [0.2, 0.25) is 5.91 Å². The molecule has 0 aliphatic carbocycles. The van der Waals surface area contributed by atoms with Crippen LogP contribution in [0.25, 0.3) is 0 Å². The SMILES string of the molecule is O=C(CCN1CCC(C(=O)O)C1)Nc1ccc(Cl)cc1. The molecule has 1 atom stereocenters. The molecule has 1 heterocycles. The summed E-state index contributed by atoms with van der Waals surface area (Å²) in [5.74, 6) is -1.13. The summed E-state index contributed by atoms with van der Waals surface area (Å²) in [5, 5.41) is 12.3. The average Bonchev–Trinajstić information content (AvgIpc) is 2.88. The van der Waals surface area contributed by atoms with Gasteiger partial charge >= 0.3 is 5.97 Å². The van der Waals surface area contributed by atoms with Crippen molar-refractivity contribution in [2.75, 3.05) is 25.0 Å². The van der Waals surface area contributed by atoms with Crippen LogP contribution in [-0.4, -0.2) is 41.5 Å². The zero-order valence-electron chi connectivity index (χ0n) is 11.0. The fourth-order valence-corrected chi connectivity index (χ4v) is 2.38. The molecule has 6 heteroatoms. The van der Waals surface area contributed by atoms with Crippen LogP contribution in [0.5, 0.6) is 0 Å². The van der Waals surface area contributed by atoms with Gasteiger partial charge in [-0.05, 0) is 37.2 Å². The van der Waals surface area contributed by atoms with E-state index in [1.165, 1.54) is 0 Å². The van der Waals surface area contributed by atoms with Crippen LogP contribution in [0, 0.1) is 5.92 Å². The molecule has 2 rings (SSSR count). The standard InChI is InChI=1S/C14H17ClN2O3/c15-11-1-3-12(4-2-11)16-13(18)6-8-17-7-5-10(9-17)14(19)20/h1-4,10H,5-9H2,(H,16,18)(H,19,20). The van der Waals surface area contributed by atoms with Crippen LogP contribution < -0.4 is 5.32 Å². The van der Waals surface area contributed by atoms with Gasteiger partial charge in [0.15, 0.2) is 0 Å². The number of carbonyl (C=O) groups excluding carboxylic acids is 1. The van der Waals surface area contributed by atoms with E-state index in [-0.39, 0.29) is 11.8 Å². The van der Waals surface area contributed by atoms with E-state index in [0.717, 1.165) is 6.54 Å². The van der Waals surface area contributed by atoms with E-state index in [1.807, 2.05) is 4.90 Å². The van der Waals surface area contributed by atoms with Gasteiger partial charge in [0, 0.05) is 30.2 Å². The van der Waals surface area contributed by atoms with Gasteiger partial charge in [-0.3, -0.25) is 9.59 Å². The zero-order chi connectivity index (χ0) is 14.5. The van der Waals surface area contributed by atoms with E-state index in [2.05, 4.69) is 5.32 Å². The van der Waals surface area contributed by atoms with Crippen LogP contribution in [0.4, 0.5) is 5.69 Å². The molecule has 1 fully saturated rings. The highest BCUT2D eigenvalue weighted by Gasteiger charge is 2.27. The van der Waals surface area contributed by atoms with E-state index < -0.39 is 5.97 Å². The molecule has 1 saturated heterocycles. The number of nitrogens with one attached hydrogen (secondary N) is 1. The Kier molecular flexibility index (Phi) is 4.98. The molecule has 108 valence electrons. The van der Waals surface area contributed by atoms with Gasteiger partial charge in [-0.15, -0.1) is 0 Å². The van der Waals surface area contributed by atoms with Crippen LogP contribution in [0.2, 0.25) is 5.02 Å². The van der Waals surface area contributed by atoms with E-state index in [0.29, 0.717) is 36.6 Å². The number of carbonyl (C=O) groups is 2. The minimum atomic E-state index is -0.752. The first kappa shape index (κ1) is 14.8. The van der Waals surface area contributed by atoms with Crippen molar-refractivity contribution in [3.8, 4) is 0 Å².